The SMILES string of the molecule is C[C@@H](C(=O)Nc1ncccn1)N1CCN(C(=O)N2CCCCC2)CC1. The number of aromatic nitrogens is 2. The number of piperazine rings is 1. The summed E-state index contributed by atoms with van der Waals surface area (Å²) in [7, 11) is 0. The number of urea groups is 1. The van der Waals surface area contributed by atoms with Crippen molar-refractivity contribution in [2.45, 2.75) is 32.2 Å². The highest BCUT2D eigenvalue weighted by Crippen LogP contribution is 2.14. The zero-order valence-electron chi connectivity index (χ0n) is 14.7. The molecule has 136 valence electrons. The Bertz CT molecular complexity index is 582. The highest BCUT2D eigenvalue weighted by atomic mass is 16.2. The van der Waals surface area contributed by atoms with E-state index in [1.165, 1.54) is 6.42 Å². The standard InChI is InChI=1S/C17H26N6O2/c1-14(15(24)20-16-18-6-5-7-19-16)21-10-12-23(13-11-21)17(25)22-8-3-2-4-9-22/h5-7,14H,2-4,8-13H2,1H3,(H,18,19,20,24)/t14-/m0/s1. The fraction of sp³-hybridized carbons (Fsp3) is 0.647. The largest absolute Gasteiger partial charge is 0.325 e. The van der Waals surface area contributed by atoms with E-state index in [4.69, 9.17) is 0 Å². The minimum Gasteiger partial charge on any atom is -0.325 e. The lowest BCUT2D eigenvalue weighted by atomic mass is 10.1. The van der Waals surface area contributed by atoms with E-state index in [0.29, 0.717) is 32.1 Å². The predicted octanol–water partition coefficient (Wildman–Crippen LogP) is 1.03. The number of carbonyl (C=O) groups excluding carboxylic acids is 2. The Hall–Kier alpha value is -2.22. The molecule has 0 aromatic carbocycles. The summed E-state index contributed by atoms with van der Waals surface area (Å²) in [4.78, 5) is 38.9. The molecule has 0 unspecified atom stereocenters. The third-order valence-electron chi connectivity index (χ3n) is 4.94. The first-order chi connectivity index (χ1) is 12.1. The molecule has 8 heteroatoms. The number of rotatable bonds is 3. The van der Waals surface area contributed by atoms with Gasteiger partial charge in [0.15, 0.2) is 0 Å². The van der Waals surface area contributed by atoms with E-state index in [0.717, 1.165) is 25.9 Å². The molecule has 1 aromatic heterocycles. The van der Waals surface area contributed by atoms with Crippen molar-refractivity contribution in [3.05, 3.63) is 18.5 Å². The van der Waals surface area contributed by atoms with Crippen LogP contribution in [0.15, 0.2) is 18.5 Å². The molecule has 0 radical (unpaired) electrons. The fourth-order valence-corrected chi connectivity index (χ4v) is 3.33. The Labute approximate surface area is 148 Å². The van der Waals surface area contributed by atoms with E-state index in [2.05, 4.69) is 20.2 Å². The molecule has 3 amide bonds. The van der Waals surface area contributed by atoms with Crippen LogP contribution in [-0.4, -0.2) is 81.9 Å². The molecule has 1 aromatic rings. The highest BCUT2D eigenvalue weighted by Gasteiger charge is 2.30. The average molecular weight is 346 g/mol. The minimum absolute atomic E-state index is 0.123. The maximum absolute atomic E-state index is 12.5. The topological polar surface area (TPSA) is 81.7 Å². The number of nitrogens with zero attached hydrogens (tertiary/aromatic N) is 5. The van der Waals surface area contributed by atoms with Gasteiger partial charge in [-0.3, -0.25) is 15.0 Å². The lowest BCUT2D eigenvalue weighted by Gasteiger charge is -2.40. The summed E-state index contributed by atoms with van der Waals surface area (Å²) in [5, 5.41) is 2.73. The van der Waals surface area contributed by atoms with Gasteiger partial charge in [-0.25, -0.2) is 14.8 Å². The number of anilines is 1. The van der Waals surface area contributed by atoms with Crippen molar-refractivity contribution >= 4 is 17.9 Å². The van der Waals surface area contributed by atoms with Crippen LogP contribution in [0, 0.1) is 0 Å². The number of amides is 3. The van der Waals surface area contributed by atoms with Gasteiger partial charge in [-0.15, -0.1) is 0 Å². The van der Waals surface area contributed by atoms with Gasteiger partial charge in [0.25, 0.3) is 0 Å². The summed E-state index contributed by atoms with van der Waals surface area (Å²) < 4.78 is 0. The van der Waals surface area contributed by atoms with Crippen LogP contribution >= 0.6 is 0 Å². The molecule has 0 saturated carbocycles. The Morgan fingerprint density at radius 1 is 0.960 bits per heavy atom. The van der Waals surface area contributed by atoms with Crippen LogP contribution in [0.2, 0.25) is 0 Å². The number of likely N-dealkylation sites (tertiary alicyclic amines) is 1. The van der Waals surface area contributed by atoms with E-state index >= 15 is 0 Å². The maximum Gasteiger partial charge on any atom is 0.320 e. The Morgan fingerprint density at radius 3 is 2.20 bits per heavy atom. The zero-order valence-corrected chi connectivity index (χ0v) is 14.7. The van der Waals surface area contributed by atoms with Crippen LogP contribution in [0.25, 0.3) is 0 Å². The van der Waals surface area contributed by atoms with Crippen molar-refractivity contribution < 1.29 is 9.59 Å². The quantitative estimate of drug-likeness (QED) is 0.884. The molecule has 0 spiro atoms. The summed E-state index contributed by atoms with van der Waals surface area (Å²) in [5.74, 6) is 0.195. The molecular formula is C17H26N6O2. The third kappa shape index (κ3) is 4.45. The molecule has 0 bridgehead atoms. The van der Waals surface area contributed by atoms with E-state index in [1.54, 1.807) is 18.5 Å². The Morgan fingerprint density at radius 2 is 1.56 bits per heavy atom. The summed E-state index contributed by atoms with van der Waals surface area (Å²) in [5.41, 5.74) is 0. The molecule has 2 aliphatic heterocycles. The van der Waals surface area contributed by atoms with Gasteiger partial charge in [-0.1, -0.05) is 0 Å². The number of carbonyl (C=O) groups is 2. The van der Waals surface area contributed by atoms with Gasteiger partial charge in [0.05, 0.1) is 6.04 Å². The first-order valence-electron chi connectivity index (χ1n) is 9.01. The van der Waals surface area contributed by atoms with Gasteiger partial charge in [0.1, 0.15) is 0 Å². The summed E-state index contributed by atoms with van der Waals surface area (Å²) in [6.07, 6.45) is 6.61. The first kappa shape index (κ1) is 17.6. The van der Waals surface area contributed by atoms with Gasteiger partial charge >= 0.3 is 6.03 Å². The molecule has 25 heavy (non-hydrogen) atoms. The van der Waals surface area contributed by atoms with Crippen molar-refractivity contribution in [2.75, 3.05) is 44.6 Å². The van der Waals surface area contributed by atoms with Crippen molar-refractivity contribution in [2.24, 2.45) is 0 Å². The summed E-state index contributed by atoms with van der Waals surface area (Å²) in [6, 6.07) is 1.57. The second-order valence-electron chi connectivity index (χ2n) is 6.59. The smallest absolute Gasteiger partial charge is 0.320 e. The molecule has 1 N–H and O–H groups in total. The molecule has 1 atom stereocenters. The van der Waals surface area contributed by atoms with Crippen molar-refractivity contribution in [3.8, 4) is 0 Å². The van der Waals surface area contributed by atoms with Crippen LogP contribution in [0.3, 0.4) is 0 Å². The highest BCUT2D eigenvalue weighted by molar-refractivity contribution is 5.93. The molecule has 0 aliphatic carbocycles. The molecular weight excluding hydrogens is 320 g/mol. The van der Waals surface area contributed by atoms with Crippen molar-refractivity contribution in [1.82, 2.24) is 24.7 Å². The summed E-state index contributed by atoms with van der Waals surface area (Å²) >= 11 is 0. The lowest BCUT2D eigenvalue weighted by molar-refractivity contribution is -0.121. The number of piperidine rings is 1. The normalized spacial score (nSPS) is 20.2. The minimum atomic E-state index is -0.281. The third-order valence-corrected chi connectivity index (χ3v) is 4.94. The van der Waals surface area contributed by atoms with Gasteiger partial charge in [0.2, 0.25) is 11.9 Å². The molecule has 2 fully saturated rings. The fourth-order valence-electron chi connectivity index (χ4n) is 3.33. The number of hydrogen-bond acceptors (Lipinski definition) is 5. The van der Waals surface area contributed by atoms with Gasteiger partial charge < -0.3 is 9.80 Å². The van der Waals surface area contributed by atoms with E-state index in [9.17, 15) is 9.59 Å². The van der Waals surface area contributed by atoms with Crippen LogP contribution in [-0.2, 0) is 4.79 Å². The maximum atomic E-state index is 12.5. The molecule has 3 heterocycles. The van der Waals surface area contributed by atoms with E-state index < -0.39 is 0 Å². The number of nitrogens with one attached hydrogen (secondary N) is 1. The number of hydrogen-bond donors (Lipinski definition) is 1. The van der Waals surface area contributed by atoms with Crippen LogP contribution in [0.1, 0.15) is 26.2 Å². The lowest BCUT2D eigenvalue weighted by Crippen LogP contribution is -2.56. The summed E-state index contributed by atoms with van der Waals surface area (Å²) in [6.45, 7) is 6.33. The van der Waals surface area contributed by atoms with Crippen LogP contribution in [0.5, 0.6) is 0 Å². The van der Waals surface area contributed by atoms with Crippen LogP contribution in [0.4, 0.5) is 10.7 Å². The van der Waals surface area contributed by atoms with E-state index in [1.807, 2.05) is 16.7 Å². The van der Waals surface area contributed by atoms with Gasteiger partial charge in [-0.2, -0.15) is 0 Å². The Kier molecular flexibility index (Phi) is 5.80. The zero-order chi connectivity index (χ0) is 17.6. The van der Waals surface area contributed by atoms with Crippen LogP contribution < -0.4 is 5.32 Å². The van der Waals surface area contributed by atoms with E-state index in [-0.39, 0.29) is 18.0 Å². The molecule has 3 rings (SSSR count). The molecule has 8 nitrogen and oxygen atoms in total. The second-order valence-corrected chi connectivity index (χ2v) is 6.59. The predicted molar refractivity (Wildman–Crippen MR) is 94.1 cm³/mol. The average Bonchev–Trinajstić information content (AvgIpc) is 2.68. The molecule has 2 aliphatic rings. The van der Waals surface area contributed by atoms with Gasteiger partial charge in [-0.05, 0) is 32.3 Å². The van der Waals surface area contributed by atoms with Crippen molar-refractivity contribution in [3.63, 3.8) is 0 Å². The Balaban J connectivity index is 1.47. The van der Waals surface area contributed by atoms with Gasteiger partial charge in [0, 0.05) is 51.7 Å². The van der Waals surface area contributed by atoms with Crippen molar-refractivity contribution in [1.29, 1.82) is 0 Å². The first-order valence-corrected chi connectivity index (χ1v) is 9.01. The molecule has 2 saturated heterocycles. The second kappa shape index (κ2) is 8.24. The monoisotopic (exact) mass is 346 g/mol.